The van der Waals surface area contributed by atoms with Gasteiger partial charge in [0, 0.05) is 23.2 Å². The first kappa shape index (κ1) is 17.5. The van der Waals surface area contributed by atoms with Crippen LogP contribution in [0.2, 0.25) is 5.02 Å². The Labute approximate surface area is 151 Å². The molecular formula is C18H21ClN4O2. The van der Waals surface area contributed by atoms with E-state index in [1.165, 1.54) is 0 Å². The van der Waals surface area contributed by atoms with Crippen LogP contribution in [0.1, 0.15) is 35.6 Å². The molecule has 2 heterocycles. The minimum Gasteiger partial charge on any atom is -0.351 e. The Balaban J connectivity index is 1.55. The Morgan fingerprint density at radius 1 is 1.36 bits per heavy atom. The van der Waals surface area contributed by atoms with Gasteiger partial charge >= 0.3 is 0 Å². The van der Waals surface area contributed by atoms with E-state index >= 15 is 0 Å². The molecule has 1 aromatic carbocycles. The van der Waals surface area contributed by atoms with Crippen molar-refractivity contribution in [1.29, 1.82) is 0 Å². The van der Waals surface area contributed by atoms with Crippen LogP contribution in [0.3, 0.4) is 0 Å². The van der Waals surface area contributed by atoms with Crippen LogP contribution in [0.4, 0.5) is 0 Å². The average Bonchev–Trinajstić information content (AvgIpc) is 3.04. The van der Waals surface area contributed by atoms with Crippen molar-refractivity contribution in [2.24, 2.45) is 0 Å². The van der Waals surface area contributed by atoms with E-state index in [2.05, 4.69) is 15.7 Å². The molecule has 25 heavy (non-hydrogen) atoms. The zero-order valence-corrected chi connectivity index (χ0v) is 15.0. The van der Waals surface area contributed by atoms with Gasteiger partial charge in [-0.25, -0.2) is 0 Å². The number of fused-ring (bicyclic) bond motifs is 1. The van der Waals surface area contributed by atoms with Crippen LogP contribution >= 0.6 is 11.6 Å². The monoisotopic (exact) mass is 360 g/mol. The summed E-state index contributed by atoms with van der Waals surface area (Å²) < 4.78 is 1.79. The van der Waals surface area contributed by atoms with E-state index in [0.29, 0.717) is 30.1 Å². The summed E-state index contributed by atoms with van der Waals surface area (Å²) >= 11 is 5.94. The van der Waals surface area contributed by atoms with Gasteiger partial charge in [-0.3, -0.25) is 14.3 Å². The second-order valence-corrected chi connectivity index (χ2v) is 7.04. The van der Waals surface area contributed by atoms with Gasteiger partial charge in [0.2, 0.25) is 5.91 Å². The van der Waals surface area contributed by atoms with E-state index in [4.69, 9.17) is 11.6 Å². The fraction of sp³-hybridized carbons (Fsp3) is 0.389. The third-order valence-electron chi connectivity index (χ3n) is 3.98. The number of nitrogens with one attached hydrogen (secondary N) is 2. The summed E-state index contributed by atoms with van der Waals surface area (Å²) in [5.41, 5.74) is 2.27. The largest absolute Gasteiger partial charge is 0.351 e. The van der Waals surface area contributed by atoms with Gasteiger partial charge in [-0.2, -0.15) is 5.10 Å². The van der Waals surface area contributed by atoms with Crippen molar-refractivity contribution in [1.82, 2.24) is 20.4 Å². The van der Waals surface area contributed by atoms with Crippen LogP contribution in [-0.4, -0.2) is 33.7 Å². The molecule has 2 aromatic rings. The number of benzene rings is 1. The van der Waals surface area contributed by atoms with Crippen LogP contribution in [0.15, 0.2) is 30.3 Å². The van der Waals surface area contributed by atoms with Crippen LogP contribution in [0.5, 0.6) is 0 Å². The van der Waals surface area contributed by atoms with Crippen molar-refractivity contribution in [2.45, 2.75) is 45.3 Å². The lowest BCUT2D eigenvalue weighted by Crippen LogP contribution is -2.37. The van der Waals surface area contributed by atoms with Gasteiger partial charge in [-0.05, 0) is 37.6 Å². The van der Waals surface area contributed by atoms with Crippen molar-refractivity contribution >= 4 is 23.4 Å². The van der Waals surface area contributed by atoms with E-state index in [0.717, 1.165) is 11.3 Å². The SMILES string of the molecule is CC(C)NC(=O)c1cc2n(n1)C[C@@H](NC(=O)Cc1cccc(Cl)c1)C2. The van der Waals surface area contributed by atoms with Crippen molar-refractivity contribution in [3.63, 3.8) is 0 Å². The predicted molar refractivity (Wildman–Crippen MR) is 95.6 cm³/mol. The first-order chi connectivity index (χ1) is 11.9. The Morgan fingerprint density at radius 3 is 2.84 bits per heavy atom. The maximum Gasteiger partial charge on any atom is 0.271 e. The molecule has 0 spiro atoms. The van der Waals surface area contributed by atoms with Crippen LogP contribution in [0, 0.1) is 0 Å². The van der Waals surface area contributed by atoms with E-state index in [9.17, 15) is 9.59 Å². The van der Waals surface area contributed by atoms with Crippen molar-refractivity contribution in [3.05, 3.63) is 52.3 Å². The maximum absolute atomic E-state index is 12.2. The number of aromatic nitrogens is 2. The molecule has 0 unspecified atom stereocenters. The van der Waals surface area contributed by atoms with Crippen molar-refractivity contribution < 1.29 is 9.59 Å². The molecule has 6 nitrogen and oxygen atoms in total. The quantitative estimate of drug-likeness (QED) is 0.855. The molecule has 0 radical (unpaired) electrons. The van der Waals surface area contributed by atoms with Gasteiger partial charge in [0.05, 0.1) is 19.0 Å². The van der Waals surface area contributed by atoms with Crippen LogP contribution < -0.4 is 10.6 Å². The van der Waals surface area contributed by atoms with E-state index in [1.807, 2.05) is 26.0 Å². The Kier molecular flexibility index (Phi) is 5.08. The highest BCUT2D eigenvalue weighted by Crippen LogP contribution is 2.17. The van der Waals surface area contributed by atoms with Crippen molar-refractivity contribution in [3.8, 4) is 0 Å². The molecule has 1 aliphatic rings. The molecule has 1 aliphatic heterocycles. The van der Waals surface area contributed by atoms with Gasteiger partial charge in [0.15, 0.2) is 0 Å². The predicted octanol–water partition coefficient (Wildman–Crippen LogP) is 1.96. The summed E-state index contributed by atoms with van der Waals surface area (Å²) in [7, 11) is 0. The summed E-state index contributed by atoms with van der Waals surface area (Å²) in [4.78, 5) is 24.2. The van der Waals surface area contributed by atoms with Gasteiger partial charge < -0.3 is 10.6 Å². The molecule has 1 atom stereocenters. The lowest BCUT2D eigenvalue weighted by molar-refractivity contribution is -0.121. The zero-order chi connectivity index (χ0) is 18.0. The lowest BCUT2D eigenvalue weighted by atomic mass is 10.1. The topological polar surface area (TPSA) is 76.0 Å². The number of nitrogens with zero attached hydrogens (tertiary/aromatic N) is 2. The molecule has 0 aliphatic carbocycles. The second kappa shape index (κ2) is 7.27. The van der Waals surface area contributed by atoms with Gasteiger partial charge in [0.1, 0.15) is 5.69 Å². The molecule has 0 saturated heterocycles. The van der Waals surface area contributed by atoms with Crippen LogP contribution in [0.25, 0.3) is 0 Å². The number of rotatable bonds is 5. The minimum atomic E-state index is -0.168. The van der Waals surface area contributed by atoms with Gasteiger partial charge in [0.25, 0.3) is 5.91 Å². The normalized spacial score (nSPS) is 15.9. The fourth-order valence-electron chi connectivity index (χ4n) is 2.96. The maximum atomic E-state index is 12.2. The highest BCUT2D eigenvalue weighted by molar-refractivity contribution is 6.30. The third-order valence-corrected chi connectivity index (χ3v) is 4.22. The molecule has 0 fully saturated rings. The molecule has 1 aromatic heterocycles. The zero-order valence-electron chi connectivity index (χ0n) is 14.3. The average molecular weight is 361 g/mol. The highest BCUT2D eigenvalue weighted by atomic mass is 35.5. The third kappa shape index (κ3) is 4.39. The van der Waals surface area contributed by atoms with E-state index < -0.39 is 0 Å². The molecular weight excluding hydrogens is 340 g/mol. The standard InChI is InChI=1S/C18H21ClN4O2/c1-11(2)20-18(25)16-9-15-8-14(10-23(15)22-16)21-17(24)7-12-4-3-5-13(19)6-12/h3-6,9,11,14H,7-8,10H2,1-2H3,(H,20,25)(H,21,24)/t14-/m0/s1. The number of hydrogen-bond donors (Lipinski definition) is 2. The first-order valence-electron chi connectivity index (χ1n) is 8.32. The summed E-state index contributed by atoms with van der Waals surface area (Å²) in [6, 6.07) is 9.15. The minimum absolute atomic E-state index is 0.00334. The summed E-state index contributed by atoms with van der Waals surface area (Å²) in [5, 5.41) is 10.8. The smallest absolute Gasteiger partial charge is 0.271 e. The highest BCUT2D eigenvalue weighted by Gasteiger charge is 2.26. The number of halogens is 1. The Hall–Kier alpha value is -2.34. The summed E-state index contributed by atoms with van der Waals surface area (Å²) in [6.45, 7) is 4.39. The number of hydrogen-bond acceptors (Lipinski definition) is 3. The number of amides is 2. The second-order valence-electron chi connectivity index (χ2n) is 6.61. The molecule has 0 saturated carbocycles. The van der Waals surface area contributed by atoms with Crippen molar-refractivity contribution in [2.75, 3.05) is 0 Å². The molecule has 7 heteroatoms. The molecule has 3 rings (SSSR count). The van der Waals surface area contributed by atoms with E-state index in [1.54, 1.807) is 22.9 Å². The summed E-state index contributed by atoms with van der Waals surface area (Å²) in [5.74, 6) is -0.214. The molecule has 132 valence electrons. The summed E-state index contributed by atoms with van der Waals surface area (Å²) in [6.07, 6.45) is 0.963. The number of carbonyl (C=O) groups excluding carboxylic acids is 2. The van der Waals surface area contributed by atoms with Gasteiger partial charge in [-0.1, -0.05) is 23.7 Å². The fourth-order valence-corrected chi connectivity index (χ4v) is 3.17. The Bertz CT molecular complexity index is 777. The van der Waals surface area contributed by atoms with E-state index in [-0.39, 0.29) is 23.9 Å². The van der Waals surface area contributed by atoms with Gasteiger partial charge in [-0.15, -0.1) is 0 Å². The molecule has 2 amide bonds. The lowest BCUT2D eigenvalue weighted by Gasteiger charge is -2.12. The molecule has 0 bridgehead atoms. The molecule has 2 N–H and O–H groups in total. The van der Waals surface area contributed by atoms with Crippen LogP contribution in [-0.2, 0) is 24.2 Å². The Morgan fingerprint density at radius 2 is 2.16 bits per heavy atom. The first-order valence-corrected chi connectivity index (χ1v) is 8.70. The number of carbonyl (C=O) groups is 2.